The van der Waals surface area contributed by atoms with Crippen molar-refractivity contribution in [1.29, 1.82) is 0 Å². The number of benzene rings is 2. The molecule has 0 spiro atoms. The molecular formula is C21H19ClFN3O. The number of rotatable bonds is 7. The predicted molar refractivity (Wildman–Crippen MR) is 104 cm³/mol. The lowest BCUT2D eigenvalue weighted by Crippen LogP contribution is -2.32. The van der Waals surface area contributed by atoms with E-state index >= 15 is 0 Å². The van der Waals surface area contributed by atoms with Crippen molar-refractivity contribution in [2.45, 2.75) is 13.1 Å². The van der Waals surface area contributed by atoms with Crippen LogP contribution >= 0.6 is 11.6 Å². The highest BCUT2D eigenvalue weighted by molar-refractivity contribution is 6.30. The number of carbonyl (C=O) groups excluding carboxylic acids is 1. The fourth-order valence-corrected chi connectivity index (χ4v) is 2.91. The molecule has 0 saturated heterocycles. The van der Waals surface area contributed by atoms with Gasteiger partial charge in [0.05, 0.1) is 6.54 Å². The molecule has 0 bridgehead atoms. The standard InChI is InChI=1S/C21H19ClFN3O/c1-2-11-26(21(27)17-6-8-18(22)9-7-17)15-20-24-10-12-25(20)14-16-4-3-5-19(23)13-16/h2-10,12-13H,1,11,14-15H2. The van der Waals surface area contributed by atoms with Gasteiger partial charge in [-0.2, -0.15) is 0 Å². The number of halogens is 2. The molecule has 3 rings (SSSR count). The van der Waals surface area contributed by atoms with Crippen LogP contribution in [-0.4, -0.2) is 26.9 Å². The van der Waals surface area contributed by atoms with Crippen molar-refractivity contribution in [3.8, 4) is 0 Å². The summed E-state index contributed by atoms with van der Waals surface area (Å²) in [6.07, 6.45) is 5.17. The van der Waals surface area contributed by atoms with Crippen LogP contribution in [0, 0.1) is 5.82 Å². The minimum Gasteiger partial charge on any atom is -0.329 e. The topological polar surface area (TPSA) is 38.1 Å². The molecular weight excluding hydrogens is 365 g/mol. The number of aromatic nitrogens is 2. The van der Waals surface area contributed by atoms with E-state index in [0.717, 1.165) is 5.56 Å². The van der Waals surface area contributed by atoms with Gasteiger partial charge in [0.15, 0.2) is 0 Å². The van der Waals surface area contributed by atoms with E-state index in [2.05, 4.69) is 11.6 Å². The Hall–Kier alpha value is -2.92. The molecule has 0 atom stereocenters. The minimum atomic E-state index is -0.277. The van der Waals surface area contributed by atoms with E-state index in [1.807, 2.05) is 16.8 Å². The molecule has 0 aliphatic rings. The van der Waals surface area contributed by atoms with Crippen LogP contribution < -0.4 is 0 Å². The fraction of sp³-hybridized carbons (Fsp3) is 0.143. The van der Waals surface area contributed by atoms with E-state index in [4.69, 9.17) is 11.6 Å². The summed E-state index contributed by atoms with van der Waals surface area (Å²) in [6, 6.07) is 13.2. The zero-order valence-electron chi connectivity index (χ0n) is 14.7. The molecule has 3 aromatic rings. The smallest absolute Gasteiger partial charge is 0.254 e. The molecule has 1 amide bonds. The van der Waals surface area contributed by atoms with Crippen molar-refractivity contribution in [2.75, 3.05) is 6.54 Å². The lowest BCUT2D eigenvalue weighted by Gasteiger charge is -2.21. The van der Waals surface area contributed by atoms with E-state index in [1.54, 1.807) is 47.5 Å². The Balaban J connectivity index is 1.79. The van der Waals surface area contributed by atoms with Crippen molar-refractivity contribution in [3.05, 3.63) is 101 Å². The van der Waals surface area contributed by atoms with Gasteiger partial charge in [-0.3, -0.25) is 4.79 Å². The summed E-state index contributed by atoms with van der Waals surface area (Å²) in [5.74, 6) is 0.302. The summed E-state index contributed by atoms with van der Waals surface area (Å²) in [5.41, 5.74) is 1.37. The first-order valence-corrected chi connectivity index (χ1v) is 8.85. The molecule has 6 heteroatoms. The van der Waals surface area contributed by atoms with Crippen LogP contribution in [0.5, 0.6) is 0 Å². The lowest BCUT2D eigenvalue weighted by atomic mass is 10.2. The predicted octanol–water partition coefficient (Wildman–Crippen LogP) is 4.55. The van der Waals surface area contributed by atoms with Crippen molar-refractivity contribution in [3.63, 3.8) is 0 Å². The first-order valence-electron chi connectivity index (χ1n) is 8.47. The Kier molecular flexibility index (Phi) is 6.04. The van der Waals surface area contributed by atoms with E-state index in [1.165, 1.54) is 12.1 Å². The average molecular weight is 384 g/mol. The van der Waals surface area contributed by atoms with E-state index in [-0.39, 0.29) is 11.7 Å². The molecule has 0 aliphatic carbocycles. The molecule has 1 aromatic heterocycles. The Morgan fingerprint density at radius 3 is 2.74 bits per heavy atom. The van der Waals surface area contributed by atoms with Crippen LogP contribution in [0.15, 0.2) is 73.6 Å². The number of carbonyl (C=O) groups is 1. The number of imidazole rings is 1. The number of amides is 1. The summed E-state index contributed by atoms with van der Waals surface area (Å²) in [6.45, 7) is 4.91. The molecule has 0 aliphatic heterocycles. The number of hydrogen-bond donors (Lipinski definition) is 0. The Morgan fingerprint density at radius 1 is 1.26 bits per heavy atom. The normalized spacial score (nSPS) is 10.6. The maximum absolute atomic E-state index is 13.4. The maximum atomic E-state index is 13.4. The van der Waals surface area contributed by atoms with Crippen molar-refractivity contribution >= 4 is 17.5 Å². The van der Waals surface area contributed by atoms with Gasteiger partial charge >= 0.3 is 0 Å². The molecule has 2 aromatic carbocycles. The number of nitrogens with zero attached hydrogens (tertiary/aromatic N) is 3. The highest BCUT2D eigenvalue weighted by atomic mass is 35.5. The van der Waals surface area contributed by atoms with Crippen LogP contribution in [-0.2, 0) is 13.1 Å². The zero-order valence-corrected chi connectivity index (χ0v) is 15.4. The Labute approximate surface area is 162 Å². The summed E-state index contributed by atoms with van der Waals surface area (Å²) < 4.78 is 15.3. The molecule has 27 heavy (non-hydrogen) atoms. The third-order valence-electron chi connectivity index (χ3n) is 4.10. The summed E-state index contributed by atoms with van der Waals surface area (Å²) in [5, 5.41) is 0.576. The highest BCUT2D eigenvalue weighted by Gasteiger charge is 2.17. The average Bonchev–Trinajstić information content (AvgIpc) is 3.08. The van der Waals surface area contributed by atoms with Crippen molar-refractivity contribution in [1.82, 2.24) is 14.5 Å². The van der Waals surface area contributed by atoms with Crippen LogP contribution in [0.2, 0.25) is 5.02 Å². The largest absolute Gasteiger partial charge is 0.329 e. The van der Waals surface area contributed by atoms with Gasteiger partial charge in [-0.1, -0.05) is 29.8 Å². The second-order valence-corrected chi connectivity index (χ2v) is 6.52. The molecule has 0 saturated carbocycles. The van der Waals surface area contributed by atoms with E-state index in [0.29, 0.717) is 36.0 Å². The second-order valence-electron chi connectivity index (χ2n) is 6.08. The fourth-order valence-electron chi connectivity index (χ4n) is 2.79. The Morgan fingerprint density at radius 2 is 2.04 bits per heavy atom. The van der Waals surface area contributed by atoms with E-state index in [9.17, 15) is 9.18 Å². The van der Waals surface area contributed by atoms with Gasteiger partial charge in [-0.25, -0.2) is 9.37 Å². The van der Waals surface area contributed by atoms with Gasteiger partial charge in [0.25, 0.3) is 5.91 Å². The molecule has 4 nitrogen and oxygen atoms in total. The quantitative estimate of drug-likeness (QED) is 0.561. The van der Waals surface area contributed by atoms with Gasteiger partial charge in [0, 0.05) is 36.1 Å². The summed E-state index contributed by atoms with van der Waals surface area (Å²) in [7, 11) is 0. The van der Waals surface area contributed by atoms with Crippen LogP contribution in [0.4, 0.5) is 4.39 Å². The molecule has 0 radical (unpaired) electrons. The summed E-state index contributed by atoms with van der Waals surface area (Å²) in [4.78, 5) is 18.9. The molecule has 0 fully saturated rings. The minimum absolute atomic E-state index is 0.133. The van der Waals surface area contributed by atoms with Crippen LogP contribution in [0.3, 0.4) is 0 Å². The van der Waals surface area contributed by atoms with Gasteiger partial charge < -0.3 is 9.47 Å². The van der Waals surface area contributed by atoms with Crippen molar-refractivity contribution < 1.29 is 9.18 Å². The molecule has 1 heterocycles. The van der Waals surface area contributed by atoms with Crippen LogP contribution in [0.25, 0.3) is 0 Å². The number of hydrogen-bond acceptors (Lipinski definition) is 2. The zero-order chi connectivity index (χ0) is 19.2. The highest BCUT2D eigenvalue weighted by Crippen LogP contribution is 2.14. The van der Waals surface area contributed by atoms with Crippen LogP contribution in [0.1, 0.15) is 21.7 Å². The molecule has 0 N–H and O–H groups in total. The third-order valence-corrected chi connectivity index (χ3v) is 4.36. The monoisotopic (exact) mass is 383 g/mol. The van der Waals surface area contributed by atoms with Gasteiger partial charge in [0.2, 0.25) is 0 Å². The second kappa shape index (κ2) is 8.64. The SMILES string of the molecule is C=CCN(Cc1nccn1Cc1cccc(F)c1)C(=O)c1ccc(Cl)cc1. The third kappa shape index (κ3) is 4.83. The maximum Gasteiger partial charge on any atom is 0.254 e. The Bertz CT molecular complexity index is 937. The van der Waals surface area contributed by atoms with Gasteiger partial charge in [0.1, 0.15) is 11.6 Å². The summed E-state index contributed by atoms with van der Waals surface area (Å²) >= 11 is 5.90. The van der Waals surface area contributed by atoms with Gasteiger partial charge in [-0.05, 0) is 42.0 Å². The first kappa shape index (κ1) is 18.9. The first-order chi connectivity index (χ1) is 13.1. The molecule has 0 unspecified atom stereocenters. The van der Waals surface area contributed by atoms with E-state index < -0.39 is 0 Å². The molecule has 138 valence electrons. The lowest BCUT2D eigenvalue weighted by molar-refractivity contribution is 0.0757. The van der Waals surface area contributed by atoms with Crippen molar-refractivity contribution in [2.24, 2.45) is 0 Å². The van der Waals surface area contributed by atoms with Gasteiger partial charge in [-0.15, -0.1) is 6.58 Å².